The van der Waals surface area contributed by atoms with Crippen LogP contribution in [0, 0.1) is 0 Å². The molecule has 0 saturated carbocycles. The van der Waals surface area contributed by atoms with Crippen LogP contribution in [0.5, 0.6) is 0 Å². The van der Waals surface area contributed by atoms with Gasteiger partial charge in [0, 0.05) is 12.8 Å². The molecule has 0 fully saturated rings. The van der Waals surface area contributed by atoms with Crippen LogP contribution in [-0.2, 0) is 14.3 Å². The number of esters is 1. The molecule has 6 heteroatoms. The molecule has 0 aromatic rings. The Morgan fingerprint density at radius 2 is 0.522 bits per heavy atom. The molecule has 0 aromatic carbocycles. The van der Waals surface area contributed by atoms with Gasteiger partial charge >= 0.3 is 5.97 Å². The summed E-state index contributed by atoms with van der Waals surface area (Å²) in [5.74, 6) is -0.00399. The van der Waals surface area contributed by atoms with Gasteiger partial charge in [-0.1, -0.05) is 437 Å². The number of nitrogens with one attached hydrogen (secondary N) is 1. The van der Waals surface area contributed by atoms with Crippen molar-refractivity contribution in [2.45, 2.75) is 501 Å². The van der Waals surface area contributed by atoms with E-state index in [0.717, 1.165) is 38.5 Å². The third kappa shape index (κ3) is 75.6. The number of hydrogen-bond donors (Lipinski definition) is 3. The second-order valence-electron chi connectivity index (χ2n) is 29.2. The van der Waals surface area contributed by atoms with E-state index in [1.807, 2.05) is 0 Å². The minimum absolute atomic E-state index is 0.0198. The summed E-state index contributed by atoms with van der Waals surface area (Å²) in [4.78, 5) is 24.7. The summed E-state index contributed by atoms with van der Waals surface area (Å²) in [5, 5.41) is 23.5. The molecule has 0 spiro atoms. The Morgan fingerprint density at radius 3 is 0.789 bits per heavy atom. The zero-order valence-electron chi connectivity index (χ0n) is 61.7. The monoisotopic (exact) mass is 1270 g/mol. The second kappa shape index (κ2) is 80.0. The van der Waals surface area contributed by atoms with E-state index in [1.165, 1.54) is 417 Å². The minimum atomic E-state index is -0.662. The van der Waals surface area contributed by atoms with Crippen LogP contribution in [0.25, 0.3) is 0 Å². The molecule has 0 aliphatic heterocycles. The molecule has 0 aromatic heterocycles. The Hall–Kier alpha value is -1.40. The number of amides is 1. The van der Waals surface area contributed by atoms with E-state index in [1.54, 1.807) is 0 Å². The number of carbonyl (C=O) groups excluding carboxylic acids is 2. The molecule has 2 unspecified atom stereocenters. The van der Waals surface area contributed by atoms with Gasteiger partial charge in [-0.2, -0.15) is 0 Å². The Bertz CT molecular complexity index is 1370. The first kappa shape index (κ1) is 88.6. The number of aliphatic hydroxyl groups excluding tert-OH is 2. The first-order valence-electron chi connectivity index (χ1n) is 41.9. The summed E-state index contributed by atoms with van der Waals surface area (Å²) in [6, 6.07) is -0.539. The van der Waals surface area contributed by atoms with E-state index in [4.69, 9.17) is 4.74 Å². The summed E-state index contributed by atoms with van der Waals surface area (Å²) >= 11 is 0. The molecule has 0 rings (SSSR count). The van der Waals surface area contributed by atoms with Crippen molar-refractivity contribution >= 4 is 11.9 Å². The van der Waals surface area contributed by atoms with Crippen LogP contribution in [0.2, 0.25) is 0 Å². The van der Waals surface area contributed by atoms with Gasteiger partial charge in [-0.05, 0) is 51.4 Å². The number of hydrogen-bond acceptors (Lipinski definition) is 5. The largest absolute Gasteiger partial charge is 0.466 e. The third-order valence-corrected chi connectivity index (χ3v) is 20.1. The molecule has 0 radical (unpaired) electrons. The van der Waals surface area contributed by atoms with Crippen LogP contribution in [0.1, 0.15) is 489 Å². The smallest absolute Gasteiger partial charge is 0.305 e. The van der Waals surface area contributed by atoms with Crippen molar-refractivity contribution in [3.63, 3.8) is 0 Å². The summed E-state index contributed by atoms with van der Waals surface area (Å²) in [7, 11) is 0. The lowest BCUT2D eigenvalue weighted by atomic mass is 10.0. The summed E-state index contributed by atoms with van der Waals surface area (Å²) in [6.45, 7) is 5.01. The van der Waals surface area contributed by atoms with E-state index < -0.39 is 12.1 Å². The molecule has 6 nitrogen and oxygen atoms in total. The fourth-order valence-corrected chi connectivity index (χ4v) is 13.7. The van der Waals surface area contributed by atoms with E-state index in [9.17, 15) is 19.8 Å². The highest BCUT2D eigenvalue weighted by molar-refractivity contribution is 5.76. The lowest BCUT2D eigenvalue weighted by Crippen LogP contribution is -2.45. The molecular formula is C84H165NO5. The fraction of sp³-hybridized carbons (Fsp3) is 0.952. The van der Waals surface area contributed by atoms with Crippen molar-refractivity contribution in [3.05, 3.63) is 12.2 Å². The molecule has 0 aliphatic rings. The van der Waals surface area contributed by atoms with Gasteiger partial charge in [-0.15, -0.1) is 0 Å². The highest BCUT2D eigenvalue weighted by Gasteiger charge is 2.20. The normalized spacial score (nSPS) is 12.4. The maximum absolute atomic E-state index is 12.6. The molecule has 3 N–H and O–H groups in total. The first-order chi connectivity index (χ1) is 44.5. The van der Waals surface area contributed by atoms with Crippen molar-refractivity contribution < 1.29 is 24.5 Å². The maximum Gasteiger partial charge on any atom is 0.305 e. The predicted octanol–water partition coefficient (Wildman–Crippen LogP) is 27.8. The number of unbranched alkanes of at least 4 members (excludes halogenated alkanes) is 67. The topological polar surface area (TPSA) is 95.9 Å². The molecular weight excluding hydrogens is 1100 g/mol. The van der Waals surface area contributed by atoms with Gasteiger partial charge in [0.05, 0.1) is 25.4 Å². The first-order valence-corrected chi connectivity index (χ1v) is 41.9. The van der Waals surface area contributed by atoms with E-state index in [2.05, 4.69) is 31.3 Å². The standard InChI is InChI=1S/C84H165NO5/c1-3-5-7-9-11-13-15-17-19-21-22-23-35-38-41-45-48-52-56-60-64-68-72-76-82(87)81(80-86)85-83(88)77-73-69-65-61-57-53-49-46-42-39-36-33-31-29-27-25-24-26-28-30-32-34-37-40-43-47-51-55-59-63-67-71-75-79-90-84(89)78-74-70-66-62-58-54-50-44-20-18-16-14-12-10-8-6-4-2/h18,20,81-82,86-87H,3-17,19,21-80H2,1-2H3,(H,85,88)/b20-18-. The van der Waals surface area contributed by atoms with Crippen LogP contribution in [-0.4, -0.2) is 47.4 Å². The van der Waals surface area contributed by atoms with Gasteiger partial charge in [0.2, 0.25) is 5.91 Å². The van der Waals surface area contributed by atoms with Crippen molar-refractivity contribution in [2.24, 2.45) is 0 Å². The average Bonchev–Trinajstić information content (AvgIpc) is 3.68. The molecule has 2 atom stereocenters. The highest BCUT2D eigenvalue weighted by Crippen LogP contribution is 2.21. The fourth-order valence-electron chi connectivity index (χ4n) is 13.7. The molecule has 0 aliphatic carbocycles. The number of aliphatic hydroxyl groups is 2. The van der Waals surface area contributed by atoms with Crippen molar-refractivity contribution in [3.8, 4) is 0 Å². The van der Waals surface area contributed by atoms with Gasteiger partial charge in [0.25, 0.3) is 0 Å². The number of rotatable bonds is 80. The molecule has 0 saturated heterocycles. The summed E-state index contributed by atoms with van der Waals surface area (Å²) in [6.07, 6.45) is 102. The van der Waals surface area contributed by atoms with E-state index in [-0.39, 0.29) is 18.5 Å². The second-order valence-corrected chi connectivity index (χ2v) is 29.2. The lowest BCUT2D eigenvalue weighted by Gasteiger charge is -2.22. The predicted molar refractivity (Wildman–Crippen MR) is 398 cm³/mol. The van der Waals surface area contributed by atoms with Gasteiger partial charge in [-0.3, -0.25) is 9.59 Å². The zero-order chi connectivity index (χ0) is 64.9. The third-order valence-electron chi connectivity index (χ3n) is 20.1. The van der Waals surface area contributed by atoms with Gasteiger partial charge in [0.15, 0.2) is 0 Å². The molecule has 90 heavy (non-hydrogen) atoms. The van der Waals surface area contributed by atoms with Crippen LogP contribution in [0.4, 0.5) is 0 Å². The summed E-state index contributed by atoms with van der Waals surface area (Å²) in [5.41, 5.74) is 0. The van der Waals surface area contributed by atoms with Gasteiger partial charge in [-0.25, -0.2) is 0 Å². The van der Waals surface area contributed by atoms with Crippen LogP contribution < -0.4 is 5.32 Å². The van der Waals surface area contributed by atoms with E-state index >= 15 is 0 Å². The van der Waals surface area contributed by atoms with Crippen LogP contribution in [0.3, 0.4) is 0 Å². The highest BCUT2D eigenvalue weighted by atomic mass is 16.5. The van der Waals surface area contributed by atoms with Crippen LogP contribution in [0.15, 0.2) is 12.2 Å². The molecule has 0 heterocycles. The Kier molecular flexibility index (Phi) is 78.8. The summed E-state index contributed by atoms with van der Waals surface area (Å²) < 4.78 is 5.51. The molecule has 0 bridgehead atoms. The average molecular weight is 1270 g/mol. The number of allylic oxidation sites excluding steroid dienone is 2. The number of ether oxygens (including phenoxy) is 1. The minimum Gasteiger partial charge on any atom is -0.466 e. The van der Waals surface area contributed by atoms with E-state index in [0.29, 0.717) is 25.9 Å². The van der Waals surface area contributed by atoms with Gasteiger partial charge < -0.3 is 20.3 Å². The SMILES string of the molecule is CCCCCCCC/C=C\CCCCCCCCCC(=O)OCCCCCCCCCCCCCCCCCCCCCCCCCCCCCCCCCCCC(=O)NC(CO)C(O)CCCCCCCCCCCCCCCCCCCCCCCCC. The maximum atomic E-state index is 12.6. The molecule has 536 valence electrons. The van der Waals surface area contributed by atoms with Gasteiger partial charge in [0.1, 0.15) is 0 Å². The Labute approximate surface area is 565 Å². The quantitative estimate of drug-likeness (QED) is 0.0320. The number of carbonyl (C=O) groups is 2. The van der Waals surface area contributed by atoms with Crippen molar-refractivity contribution in [2.75, 3.05) is 13.2 Å². The van der Waals surface area contributed by atoms with Crippen LogP contribution >= 0.6 is 0 Å². The zero-order valence-corrected chi connectivity index (χ0v) is 61.7. The molecule has 1 amide bonds. The lowest BCUT2D eigenvalue weighted by molar-refractivity contribution is -0.143. The van der Waals surface area contributed by atoms with Crippen molar-refractivity contribution in [1.29, 1.82) is 0 Å². The van der Waals surface area contributed by atoms with Crippen molar-refractivity contribution in [1.82, 2.24) is 5.32 Å². The Morgan fingerprint density at radius 1 is 0.300 bits per heavy atom. The Balaban J connectivity index is 3.31.